The SMILES string of the molecule is CCCCCCCCCCCCn1c2ccc(-c3ccc(N(c4ccccc4)c4ccccc4)cc3)cc2c(=O)c2cc(-c3ccc(N(c4ccccc4)c4ccccc4)cc3)ccc21. The lowest BCUT2D eigenvalue weighted by molar-refractivity contribution is 0.541. The molecule has 4 heteroatoms. The summed E-state index contributed by atoms with van der Waals surface area (Å²) in [6, 6.07) is 72.3. The number of hydrogen-bond acceptors (Lipinski definition) is 3. The molecule has 0 bridgehead atoms. The molecule has 0 saturated heterocycles. The first-order valence-electron chi connectivity index (χ1n) is 23.8. The van der Waals surface area contributed by atoms with Gasteiger partial charge >= 0.3 is 0 Å². The van der Waals surface area contributed by atoms with Crippen molar-refractivity contribution in [1.29, 1.82) is 0 Å². The molecule has 0 atom stereocenters. The number of hydrogen-bond donors (Lipinski definition) is 0. The molecule has 0 radical (unpaired) electrons. The highest BCUT2D eigenvalue weighted by Gasteiger charge is 2.17. The fraction of sp³-hybridized carbons (Fsp3) is 0.197. The standard InChI is InChI=1S/C61H59N3O/c1-2-3-4-5-6-7-8-9-10-23-44-62-59-42-36-49(47-32-38-55(39-33-47)63(51-24-15-11-16-25-51)52-26-17-12-18-27-52)45-57(59)61(65)58-46-50(37-43-60(58)62)48-34-40-56(41-35-48)64(53-28-19-13-20-29-53)54-30-21-14-22-31-54/h11-22,24-43,45-46H,2-10,23,44H2,1H3. The van der Waals surface area contributed by atoms with Gasteiger partial charge in [-0.05, 0) is 126 Å². The summed E-state index contributed by atoms with van der Waals surface area (Å²) in [6.07, 6.45) is 12.9. The predicted molar refractivity (Wildman–Crippen MR) is 278 cm³/mol. The van der Waals surface area contributed by atoms with Crippen LogP contribution in [0.1, 0.15) is 71.1 Å². The molecular formula is C61H59N3O. The minimum absolute atomic E-state index is 0.0740. The molecule has 9 rings (SSSR count). The largest absolute Gasteiger partial charge is 0.340 e. The quantitative estimate of drug-likeness (QED) is 0.0599. The number of aromatic nitrogens is 1. The van der Waals surface area contributed by atoms with Crippen LogP contribution in [-0.2, 0) is 6.54 Å². The molecule has 8 aromatic carbocycles. The van der Waals surface area contributed by atoms with Gasteiger partial charge in [0, 0.05) is 51.4 Å². The third-order valence-corrected chi connectivity index (χ3v) is 12.8. The first kappa shape index (κ1) is 43.1. The maximum absolute atomic E-state index is 14.8. The van der Waals surface area contributed by atoms with Crippen LogP contribution in [0, 0.1) is 0 Å². The van der Waals surface area contributed by atoms with Gasteiger partial charge < -0.3 is 14.4 Å². The van der Waals surface area contributed by atoms with Crippen LogP contribution in [0.2, 0.25) is 0 Å². The van der Waals surface area contributed by atoms with E-state index in [-0.39, 0.29) is 5.43 Å². The van der Waals surface area contributed by atoms with E-state index in [1.54, 1.807) is 0 Å². The van der Waals surface area contributed by atoms with Gasteiger partial charge in [0.15, 0.2) is 5.43 Å². The van der Waals surface area contributed by atoms with E-state index in [1.807, 2.05) is 0 Å². The van der Waals surface area contributed by atoms with Gasteiger partial charge in [0.2, 0.25) is 0 Å². The van der Waals surface area contributed by atoms with Gasteiger partial charge in [0.25, 0.3) is 0 Å². The van der Waals surface area contributed by atoms with Gasteiger partial charge in [0.05, 0.1) is 11.0 Å². The number of aryl methyl sites for hydroxylation is 1. The fourth-order valence-electron chi connectivity index (χ4n) is 9.35. The van der Waals surface area contributed by atoms with Crippen molar-refractivity contribution in [3.63, 3.8) is 0 Å². The molecule has 0 aliphatic heterocycles. The molecule has 65 heavy (non-hydrogen) atoms. The third-order valence-electron chi connectivity index (χ3n) is 12.8. The van der Waals surface area contributed by atoms with Gasteiger partial charge in [0.1, 0.15) is 0 Å². The number of unbranched alkanes of at least 4 members (excludes halogenated alkanes) is 9. The average molecular weight is 850 g/mol. The van der Waals surface area contributed by atoms with Crippen molar-refractivity contribution >= 4 is 55.9 Å². The second kappa shape index (κ2) is 21.0. The van der Waals surface area contributed by atoms with E-state index in [1.165, 1.54) is 57.8 Å². The van der Waals surface area contributed by atoms with Crippen molar-refractivity contribution in [2.75, 3.05) is 9.80 Å². The maximum atomic E-state index is 14.8. The van der Waals surface area contributed by atoms with E-state index >= 15 is 0 Å². The van der Waals surface area contributed by atoms with Crippen LogP contribution in [0.5, 0.6) is 0 Å². The van der Waals surface area contributed by atoms with E-state index in [0.29, 0.717) is 0 Å². The second-order valence-corrected chi connectivity index (χ2v) is 17.2. The van der Waals surface area contributed by atoms with Crippen molar-refractivity contribution < 1.29 is 0 Å². The average Bonchev–Trinajstić information content (AvgIpc) is 3.37. The van der Waals surface area contributed by atoms with Crippen LogP contribution in [0.15, 0.2) is 211 Å². The summed E-state index contributed by atoms with van der Waals surface area (Å²) in [6.45, 7) is 3.15. The summed E-state index contributed by atoms with van der Waals surface area (Å²) in [5.74, 6) is 0. The molecule has 0 unspecified atom stereocenters. The summed E-state index contributed by atoms with van der Waals surface area (Å²) < 4.78 is 2.41. The van der Waals surface area contributed by atoms with Crippen molar-refractivity contribution in [1.82, 2.24) is 4.57 Å². The second-order valence-electron chi connectivity index (χ2n) is 17.2. The number of benzene rings is 8. The molecule has 4 nitrogen and oxygen atoms in total. The van der Waals surface area contributed by atoms with Crippen molar-refractivity contribution in [3.8, 4) is 22.3 Å². The highest BCUT2D eigenvalue weighted by molar-refractivity contribution is 5.97. The van der Waals surface area contributed by atoms with E-state index in [2.05, 4.69) is 228 Å². The molecule has 0 aliphatic rings. The van der Waals surface area contributed by atoms with Crippen molar-refractivity contribution in [3.05, 3.63) is 216 Å². The van der Waals surface area contributed by atoms with Crippen LogP contribution < -0.4 is 15.2 Å². The van der Waals surface area contributed by atoms with Gasteiger partial charge in [-0.15, -0.1) is 0 Å². The minimum atomic E-state index is 0.0740. The van der Waals surface area contributed by atoms with Crippen LogP contribution in [0.25, 0.3) is 44.1 Å². The summed E-state index contributed by atoms with van der Waals surface area (Å²) in [4.78, 5) is 19.4. The summed E-state index contributed by atoms with van der Waals surface area (Å²) in [7, 11) is 0. The molecule has 1 heterocycles. The Balaban J connectivity index is 1.04. The van der Waals surface area contributed by atoms with Crippen LogP contribution in [0.4, 0.5) is 34.1 Å². The number of rotatable bonds is 19. The smallest absolute Gasteiger partial charge is 0.197 e. The van der Waals surface area contributed by atoms with Gasteiger partial charge in [-0.1, -0.05) is 174 Å². The van der Waals surface area contributed by atoms with E-state index in [0.717, 1.165) is 91.1 Å². The zero-order valence-electron chi connectivity index (χ0n) is 37.7. The van der Waals surface area contributed by atoms with E-state index in [9.17, 15) is 4.79 Å². The number of pyridine rings is 1. The molecule has 0 fully saturated rings. The first-order chi connectivity index (χ1) is 32.2. The van der Waals surface area contributed by atoms with E-state index < -0.39 is 0 Å². The van der Waals surface area contributed by atoms with Crippen LogP contribution in [0.3, 0.4) is 0 Å². The topological polar surface area (TPSA) is 28.5 Å². The zero-order valence-corrected chi connectivity index (χ0v) is 37.7. The maximum Gasteiger partial charge on any atom is 0.197 e. The lowest BCUT2D eigenvalue weighted by Crippen LogP contribution is -2.12. The zero-order chi connectivity index (χ0) is 44.2. The van der Waals surface area contributed by atoms with Gasteiger partial charge in [-0.3, -0.25) is 4.79 Å². The molecule has 0 aliphatic carbocycles. The molecule has 0 spiro atoms. The normalized spacial score (nSPS) is 11.3. The molecule has 0 N–H and O–H groups in total. The number of para-hydroxylation sites is 4. The Kier molecular flexibility index (Phi) is 13.9. The lowest BCUT2D eigenvalue weighted by Gasteiger charge is -2.25. The molecule has 0 amide bonds. The predicted octanol–water partition coefficient (Wildman–Crippen LogP) is 17.3. The highest BCUT2D eigenvalue weighted by Crippen LogP contribution is 2.38. The van der Waals surface area contributed by atoms with Crippen molar-refractivity contribution in [2.45, 2.75) is 77.7 Å². The van der Waals surface area contributed by atoms with Crippen LogP contribution in [-0.4, -0.2) is 4.57 Å². The Morgan fingerprint density at radius 1 is 0.338 bits per heavy atom. The van der Waals surface area contributed by atoms with E-state index in [4.69, 9.17) is 0 Å². The number of anilines is 6. The minimum Gasteiger partial charge on any atom is -0.340 e. The Bertz CT molecular complexity index is 2700. The monoisotopic (exact) mass is 849 g/mol. The molecule has 324 valence electrons. The lowest BCUT2D eigenvalue weighted by atomic mass is 9.98. The third kappa shape index (κ3) is 9.98. The molecular weight excluding hydrogens is 791 g/mol. The Hall–Kier alpha value is -7.17. The number of nitrogens with zero attached hydrogens (tertiary/aromatic N) is 3. The molecule has 9 aromatic rings. The molecule has 1 aromatic heterocycles. The summed E-state index contributed by atoms with van der Waals surface area (Å²) >= 11 is 0. The Morgan fingerprint density at radius 2 is 0.646 bits per heavy atom. The Morgan fingerprint density at radius 3 is 1.00 bits per heavy atom. The summed E-state index contributed by atoms with van der Waals surface area (Å²) in [5.41, 5.74) is 12.8. The van der Waals surface area contributed by atoms with Crippen molar-refractivity contribution in [2.24, 2.45) is 0 Å². The van der Waals surface area contributed by atoms with Crippen LogP contribution >= 0.6 is 0 Å². The molecule has 0 saturated carbocycles. The van der Waals surface area contributed by atoms with Gasteiger partial charge in [-0.2, -0.15) is 0 Å². The number of fused-ring (bicyclic) bond motifs is 2. The first-order valence-corrected chi connectivity index (χ1v) is 23.8. The summed E-state index contributed by atoms with van der Waals surface area (Å²) in [5, 5.41) is 1.52. The fourth-order valence-corrected chi connectivity index (χ4v) is 9.35. The Labute approximate surface area is 385 Å². The highest BCUT2D eigenvalue weighted by atomic mass is 16.1. The van der Waals surface area contributed by atoms with Gasteiger partial charge in [-0.25, -0.2) is 0 Å².